The maximum absolute atomic E-state index is 5.62. The fourth-order valence-corrected chi connectivity index (χ4v) is 2.48. The number of aromatic amines is 1. The first-order valence-electron chi connectivity index (χ1n) is 6.29. The van der Waals surface area contributed by atoms with Crippen LogP contribution in [0.1, 0.15) is 0 Å². The number of nitrogens with one attached hydrogen (secondary N) is 1. The zero-order valence-electron chi connectivity index (χ0n) is 11.3. The second-order valence-corrected chi connectivity index (χ2v) is 5.35. The lowest BCUT2D eigenvalue weighted by Gasteiger charge is -2.07. The maximum atomic E-state index is 5.62. The van der Waals surface area contributed by atoms with Crippen molar-refractivity contribution in [2.24, 2.45) is 0 Å². The van der Waals surface area contributed by atoms with Gasteiger partial charge in [0.15, 0.2) is 0 Å². The summed E-state index contributed by atoms with van der Waals surface area (Å²) in [4.78, 5) is 11.4. The third kappa shape index (κ3) is 2.75. The van der Waals surface area contributed by atoms with E-state index in [1.807, 2.05) is 36.4 Å². The van der Waals surface area contributed by atoms with Gasteiger partial charge in [0.2, 0.25) is 5.95 Å². The zero-order valence-corrected chi connectivity index (χ0v) is 12.9. The summed E-state index contributed by atoms with van der Waals surface area (Å²) in [6.45, 7) is 0. The molecular weight excluding hydrogens is 332 g/mol. The first-order valence-corrected chi connectivity index (χ1v) is 7.08. The van der Waals surface area contributed by atoms with Crippen LogP contribution in [0.15, 0.2) is 47.1 Å². The Morgan fingerprint density at radius 2 is 1.95 bits per heavy atom. The topological polar surface area (TPSA) is 76.8 Å². The van der Waals surface area contributed by atoms with Crippen LogP contribution in [-0.2, 0) is 0 Å². The fourth-order valence-electron chi connectivity index (χ4n) is 2.12. The molecule has 0 saturated carbocycles. The van der Waals surface area contributed by atoms with Crippen molar-refractivity contribution >= 4 is 21.9 Å². The minimum absolute atomic E-state index is 0.253. The Morgan fingerprint density at radius 3 is 2.71 bits per heavy atom. The van der Waals surface area contributed by atoms with Crippen LogP contribution in [0.2, 0.25) is 0 Å². The zero-order chi connectivity index (χ0) is 14.8. The van der Waals surface area contributed by atoms with E-state index >= 15 is 0 Å². The van der Waals surface area contributed by atoms with Gasteiger partial charge in [0.1, 0.15) is 5.75 Å². The number of hydrogen-bond acceptors (Lipinski definition) is 4. The Balaban J connectivity index is 2.04. The lowest BCUT2D eigenvalue weighted by molar-refractivity contribution is 0.416. The molecule has 0 saturated heterocycles. The fraction of sp³-hybridized carbons (Fsp3) is 0.0667. The summed E-state index contributed by atoms with van der Waals surface area (Å²) in [6.07, 6.45) is 1.64. The quantitative estimate of drug-likeness (QED) is 0.762. The average Bonchev–Trinajstić information content (AvgIpc) is 2.97. The first kappa shape index (κ1) is 13.6. The van der Waals surface area contributed by atoms with Crippen molar-refractivity contribution in [3.63, 3.8) is 0 Å². The van der Waals surface area contributed by atoms with E-state index in [2.05, 4.69) is 30.9 Å². The molecule has 6 heteroatoms. The predicted octanol–water partition coefficient (Wildman–Crippen LogP) is 3.49. The Labute approximate surface area is 130 Å². The van der Waals surface area contributed by atoms with Crippen LogP contribution >= 0.6 is 15.9 Å². The summed E-state index contributed by atoms with van der Waals surface area (Å²) in [5.41, 5.74) is 9.16. The van der Waals surface area contributed by atoms with Crippen LogP contribution in [0.25, 0.3) is 22.6 Å². The Bertz CT molecular complexity index is 785. The highest BCUT2D eigenvalue weighted by molar-refractivity contribution is 9.10. The molecule has 0 bridgehead atoms. The molecule has 106 valence electrons. The van der Waals surface area contributed by atoms with Crippen LogP contribution in [0.4, 0.5) is 5.95 Å². The van der Waals surface area contributed by atoms with Crippen molar-refractivity contribution in [2.45, 2.75) is 0 Å². The number of halogens is 1. The van der Waals surface area contributed by atoms with E-state index in [-0.39, 0.29) is 5.95 Å². The standard InChI is InChI=1S/C15H13BrN4O/c1-21-14-5-2-9(16)8-10(14)11-3-4-12(19-11)13-6-7-18-15(17)20-13/h2-8,19H,1H3,(H2,17,18,20). The van der Waals surface area contributed by atoms with Gasteiger partial charge in [-0.15, -0.1) is 0 Å². The summed E-state index contributed by atoms with van der Waals surface area (Å²) < 4.78 is 6.39. The Kier molecular flexibility index (Phi) is 3.62. The van der Waals surface area contributed by atoms with Gasteiger partial charge in [0.05, 0.1) is 18.5 Å². The molecule has 2 heterocycles. The van der Waals surface area contributed by atoms with Gasteiger partial charge in [-0.05, 0) is 36.4 Å². The number of H-pyrrole nitrogens is 1. The molecule has 3 aromatic rings. The van der Waals surface area contributed by atoms with Crippen molar-refractivity contribution in [3.8, 4) is 28.4 Å². The van der Waals surface area contributed by atoms with Crippen molar-refractivity contribution in [1.82, 2.24) is 15.0 Å². The normalized spacial score (nSPS) is 10.6. The molecule has 0 amide bonds. The molecule has 5 nitrogen and oxygen atoms in total. The van der Waals surface area contributed by atoms with E-state index in [1.54, 1.807) is 13.3 Å². The average molecular weight is 345 g/mol. The van der Waals surface area contributed by atoms with Crippen molar-refractivity contribution in [3.05, 3.63) is 47.1 Å². The highest BCUT2D eigenvalue weighted by Gasteiger charge is 2.10. The summed E-state index contributed by atoms with van der Waals surface area (Å²) in [7, 11) is 1.65. The number of benzene rings is 1. The molecule has 2 aromatic heterocycles. The van der Waals surface area contributed by atoms with Crippen molar-refractivity contribution in [1.29, 1.82) is 0 Å². The number of nitrogen functional groups attached to an aromatic ring is 1. The minimum Gasteiger partial charge on any atom is -0.496 e. The van der Waals surface area contributed by atoms with E-state index in [0.29, 0.717) is 0 Å². The molecule has 3 rings (SSSR count). The number of nitrogens with two attached hydrogens (primary N) is 1. The smallest absolute Gasteiger partial charge is 0.220 e. The monoisotopic (exact) mass is 344 g/mol. The molecule has 0 unspecified atom stereocenters. The number of ether oxygens (including phenoxy) is 1. The van der Waals surface area contributed by atoms with E-state index in [9.17, 15) is 0 Å². The van der Waals surface area contributed by atoms with Crippen LogP contribution in [0.5, 0.6) is 5.75 Å². The summed E-state index contributed by atoms with van der Waals surface area (Å²) in [6, 6.07) is 11.6. The SMILES string of the molecule is COc1ccc(Br)cc1-c1ccc(-c2ccnc(N)n2)[nH]1. The first-order chi connectivity index (χ1) is 10.2. The lowest BCUT2D eigenvalue weighted by atomic mass is 10.1. The van der Waals surface area contributed by atoms with Crippen LogP contribution in [0.3, 0.4) is 0 Å². The number of hydrogen-bond donors (Lipinski definition) is 2. The van der Waals surface area contributed by atoms with Gasteiger partial charge in [0.25, 0.3) is 0 Å². The van der Waals surface area contributed by atoms with Crippen LogP contribution in [0, 0.1) is 0 Å². The molecule has 0 aliphatic heterocycles. The van der Waals surface area contributed by atoms with Crippen molar-refractivity contribution in [2.75, 3.05) is 12.8 Å². The molecule has 0 aliphatic carbocycles. The largest absolute Gasteiger partial charge is 0.496 e. The number of nitrogens with zero attached hydrogens (tertiary/aromatic N) is 2. The Morgan fingerprint density at radius 1 is 1.14 bits per heavy atom. The highest BCUT2D eigenvalue weighted by atomic mass is 79.9. The second kappa shape index (κ2) is 5.57. The highest BCUT2D eigenvalue weighted by Crippen LogP contribution is 2.33. The van der Waals surface area contributed by atoms with Gasteiger partial charge < -0.3 is 15.5 Å². The van der Waals surface area contributed by atoms with Crippen molar-refractivity contribution < 1.29 is 4.74 Å². The number of rotatable bonds is 3. The third-order valence-corrected chi connectivity index (χ3v) is 3.58. The van der Waals surface area contributed by atoms with E-state index in [1.165, 1.54) is 0 Å². The van der Waals surface area contributed by atoms with Gasteiger partial charge in [-0.2, -0.15) is 0 Å². The third-order valence-electron chi connectivity index (χ3n) is 3.09. The Hall–Kier alpha value is -2.34. The minimum atomic E-state index is 0.253. The number of methoxy groups -OCH3 is 1. The molecule has 1 aromatic carbocycles. The molecule has 3 N–H and O–H groups in total. The maximum Gasteiger partial charge on any atom is 0.220 e. The second-order valence-electron chi connectivity index (χ2n) is 4.43. The van der Waals surface area contributed by atoms with Crippen LogP contribution < -0.4 is 10.5 Å². The molecule has 0 atom stereocenters. The molecule has 0 fully saturated rings. The van der Waals surface area contributed by atoms with Gasteiger partial charge in [-0.25, -0.2) is 9.97 Å². The van der Waals surface area contributed by atoms with E-state index < -0.39 is 0 Å². The van der Waals surface area contributed by atoms with Gasteiger partial charge in [-0.1, -0.05) is 15.9 Å². The molecule has 0 aliphatic rings. The molecule has 21 heavy (non-hydrogen) atoms. The van der Waals surface area contributed by atoms with Crippen LogP contribution in [-0.4, -0.2) is 22.1 Å². The van der Waals surface area contributed by atoms with Gasteiger partial charge >= 0.3 is 0 Å². The summed E-state index contributed by atoms with van der Waals surface area (Å²) in [5, 5.41) is 0. The number of anilines is 1. The number of aromatic nitrogens is 3. The molecular formula is C15H13BrN4O. The van der Waals surface area contributed by atoms with Gasteiger partial charge in [-0.3, -0.25) is 0 Å². The predicted molar refractivity (Wildman–Crippen MR) is 85.9 cm³/mol. The lowest BCUT2D eigenvalue weighted by Crippen LogP contribution is -1.95. The van der Waals surface area contributed by atoms with E-state index in [0.717, 1.165) is 32.9 Å². The summed E-state index contributed by atoms with van der Waals surface area (Å²) in [5.74, 6) is 1.05. The molecule has 0 spiro atoms. The molecule has 0 radical (unpaired) electrons. The summed E-state index contributed by atoms with van der Waals surface area (Å²) >= 11 is 3.48. The van der Waals surface area contributed by atoms with E-state index in [4.69, 9.17) is 10.5 Å². The van der Waals surface area contributed by atoms with Gasteiger partial charge in [0, 0.05) is 21.9 Å².